The van der Waals surface area contributed by atoms with E-state index >= 15 is 0 Å². The van der Waals surface area contributed by atoms with Gasteiger partial charge in [-0.25, -0.2) is 4.98 Å². The molecule has 0 spiro atoms. The summed E-state index contributed by atoms with van der Waals surface area (Å²) >= 11 is 6.23. The summed E-state index contributed by atoms with van der Waals surface area (Å²) in [6, 6.07) is 9.51. The van der Waals surface area contributed by atoms with Crippen LogP contribution < -0.4 is 10.3 Å². The van der Waals surface area contributed by atoms with Crippen molar-refractivity contribution in [2.75, 3.05) is 13.7 Å². The zero-order valence-corrected chi connectivity index (χ0v) is 15.7. The molecule has 2 aromatic heterocycles. The molecule has 0 atom stereocenters. The lowest BCUT2D eigenvalue weighted by Gasteiger charge is -2.27. The zero-order valence-electron chi connectivity index (χ0n) is 14.9. The van der Waals surface area contributed by atoms with E-state index in [-0.39, 0.29) is 5.56 Å². The number of benzene rings is 1. The molecule has 138 valence electrons. The van der Waals surface area contributed by atoms with Crippen LogP contribution >= 0.6 is 11.6 Å². The lowest BCUT2D eigenvalue weighted by Crippen LogP contribution is -2.35. The van der Waals surface area contributed by atoms with Gasteiger partial charge in [-0.15, -0.1) is 0 Å². The van der Waals surface area contributed by atoms with Gasteiger partial charge >= 0.3 is 0 Å². The molecule has 1 aliphatic heterocycles. The van der Waals surface area contributed by atoms with Crippen molar-refractivity contribution in [1.82, 2.24) is 19.9 Å². The third-order valence-corrected chi connectivity index (χ3v) is 5.01. The van der Waals surface area contributed by atoms with E-state index in [9.17, 15) is 4.79 Å². The molecule has 0 fully saturated rings. The molecular formula is C20H19ClN4O2. The van der Waals surface area contributed by atoms with Gasteiger partial charge in [-0.05, 0) is 36.2 Å². The molecule has 27 heavy (non-hydrogen) atoms. The summed E-state index contributed by atoms with van der Waals surface area (Å²) in [6.45, 7) is 2.16. The highest BCUT2D eigenvalue weighted by Crippen LogP contribution is 2.26. The van der Waals surface area contributed by atoms with Crippen molar-refractivity contribution in [2.24, 2.45) is 0 Å². The SMILES string of the molecule is COc1ccc(CN2CCc3c(nc(-c4cccnc4)[nH]c3=O)C2)cc1Cl. The molecule has 6 nitrogen and oxygen atoms in total. The number of hydrogen-bond donors (Lipinski definition) is 1. The molecule has 0 bridgehead atoms. The number of pyridine rings is 1. The van der Waals surface area contributed by atoms with Crippen molar-refractivity contribution in [1.29, 1.82) is 0 Å². The average Bonchev–Trinajstić information content (AvgIpc) is 2.68. The van der Waals surface area contributed by atoms with Crippen LogP contribution in [-0.2, 0) is 19.5 Å². The van der Waals surface area contributed by atoms with Gasteiger partial charge in [0.05, 0.1) is 17.8 Å². The molecule has 0 aliphatic carbocycles. The number of hydrogen-bond acceptors (Lipinski definition) is 5. The third kappa shape index (κ3) is 3.72. The largest absolute Gasteiger partial charge is 0.495 e. The van der Waals surface area contributed by atoms with Gasteiger partial charge in [-0.2, -0.15) is 0 Å². The van der Waals surface area contributed by atoms with Gasteiger partial charge in [0, 0.05) is 43.2 Å². The van der Waals surface area contributed by atoms with Gasteiger partial charge in [0.1, 0.15) is 11.6 Å². The normalized spacial score (nSPS) is 14.0. The first-order valence-electron chi connectivity index (χ1n) is 8.71. The van der Waals surface area contributed by atoms with Crippen LogP contribution in [0.15, 0.2) is 47.5 Å². The topological polar surface area (TPSA) is 71.1 Å². The first-order valence-corrected chi connectivity index (χ1v) is 9.09. The second-order valence-corrected chi connectivity index (χ2v) is 6.92. The van der Waals surface area contributed by atoms with E-state index in [1.807, 2.05) is 30.3 Å². The molecule has 0 saturated heterocycles. The molecule has 3 heterocycles. The summed E-state index contributed by atoms with van der Waals surface area (Å²) < 4.78 is 5.21. The fraction of sp³-hybridized carbons (Fsp3) is 0.250. The van der Waals surface area contributed by atoms with Gasteiger partial charge < -0.3 is 9.72 Å². The third-order valence-electron chi connectivity index (χ3n) is 4.71. The van der Waals surface area contributed by atoms with Crippen LogP contribution in [0, 0.1) is 0 Å². The number of H-pyrrole nitrogens is 1. The summed E-state index contributed by atoms with van der Waals surface area (Å²) in [5, 5.41) is 0.598. The van der Waals surface area contributed by atoms with E-state index < -0.39 is 0 Å². The van der Waals surface area contributed by atoms with Crippen LogP contribution in [0.2, 0.25) is 5.02 Å². The molecule has 0 radical (unpaired) electrons. The Morgan fingerprint density at radius 2 is 2.22 bits per heavy atom. The van der Waals surface area contributed by atoms with Gasteiger partial charge in [0.15, 0.2) is 0 Å². The highest BCUT2D eigenvalue weighted by atomic mass is 35.5. The van der Waals surface area contributed by atoms with Crippen LogP contribution in [0.1, 0.15) is 16.8 Å². The Bertz CT molecular complexity index is 1020. The number of halogens is 1. The summed E-state index contributed by atoms with van der Waals surface area (Å²) in [5.41, 5.74) is 3.43. The number of rotatable bonds is 4. The van der Waals surface area contributed by atoms with E-state index in [0.717, 1.165) is 35.5 Å². The Morgan fingerprint density at radius 1 is 1.33 bits per heavy atom. The van der Waals surface area contributed by atoms with Crippen LogP contribution in [-0.4, -0.2) is 33.5 Å². The monoisotopic (exact) mass is 382 g/mol. The second kappa shape index (κ2) is 7.50. The van der Waals surface area contributed by atoms with Crippen LogP contribution in [0.5, 0.6) is 5.75 Å². The number of methoxy groups -OCH3 is 1. The highest BCUT2D eigenvalue weighted by Gasteiger charge is 2.21. The van der Waals surface area contributed by atoms with Crippen molar-refractivity contribution in [3.63, 3.8) is 0 Å². The Labute approximate surface area is 161 Å². The van der Waals surface area contributed by atoms with E-state index in [0.29, 0.717) is 29.6 Å². The Hall–Kier alpha value is -2.70. The molecule has 1 aliphatic rings. The molecule has 1 N–H and O–H groups in total. The van der Waals surface area contributed by atoms with Gasteiger partial charge in [-0.3, -0.25) is 14.7 Å². The van der Waals surface area contributed by atoms with Crippen molar-refractivity contribution < 1.29 is 4.74 Å². The molecule has 0 amide bonds. The van der Waals surface area contributed by atoms with Crippen molar-refractivity contribution >= 4 is 11.6 Å². The van der Waals surface area contributed by atoms with Crippen molar-refractivity contribution in [3.8, 4) is 17.1 Å². The quantitative estimate of drug-likeness (QED) is 0.750. The van der Waals surface area contributed by atoms with Gasteiger partial charge in [-0.1, -0.05) is 17.7 Å². The average molecular weight is 383 g/mol. The van der Waals surface area contributed by atoms with Gasteiger partial charge in [0.2, 0.25) is 0 Å². The Morgan fingerprint density at radius 3 is 2.96 bits per heavy atom. The second-order valence-electron chi connectivity index (χ2n) is 6.51. The van der Waals surface area contributed by atoms with Crippen LogP contribution in [0.3, 0.4) is 0 Å². The van der Waals surface area contributed by atoms with Crippen LogP contribution in [0.4, 0.5) is 0 Å². The van der Waals surface area contributed by atoms with E-state index in [1.165, 1.54) is 0 Å². The smallest absolute Gasteiger partial charge is 0.254 e. The number of aromatic nitrogens is 3. The molecular weight excluding hydrogens is 364 g/mol. The Balaban J connectivity index is 1.58. The summed E-state index contributed by atoms with van der Waals surface area (Å²) in [6.07, 6.45) is 4.07. The van der Waals surface area contributed by atoms with E-state index in [2.05, 4.69) is 14.9 Å². The molecule has 4 rings (SSSR count). The fourth-order valence-corrected chi connectivity index (χ4v) is 3.62. The summed E-state index contributed by atoms with van der Waals surface area (Å²) in [4.78, 5) is 26.4. The number of nitrogens with one attached hydrogen (secondary N) is 1. The lowest BCUT2D eigenvalue weighted by molar-refractivity contribution is 0.240. The molecule has 1 aromatic carbocycles. The lowest BCUT2D eigenvalue weighted by atomic mass is 10.1. The standard InChI is InChI=1S/C20H19ClN4O2/c1-27-18-5-4-13(9-16(18)21)11-25-8-6-15-17(12-25)23-19(24-20(15)26)14-3-2-7-22-10-14/h2-5,7,9-10H,6,8,11-12H2,1H3,(H,23,24,26). The number of nitrogens with zero attached hydrogens (tertiary/aromatic N) is 3. The summed E-state index contributed by atoms with van der Waals surface area (Å²) in [7, 11) is 1.60. The van der Waals surface area contributed by atoms with Crippen molar-refractivity contribution in [3.05, 3.63) is 74.9 Å². The predicted octanol–water partition coefficient (Wildman–Crippen LogP) is 3.05. The first kappa shape index (κ1) is 17.7. The molecule has 3 aromatic rings. The highest BCUT2D eigenvalue weighted by molar-refractivity contribution is 6.32. The first-order chi connectivity index (χ1) is 13.1. The number of aromatic amines is 1. The molecule has 0 saturated carbocycles. The van der Waals surface area contributed by atoms with E-state index in [4.69, 9.17) is 21.3 Å². The number of ether oxygens (including phenoxy) is 1. The van der Waals surface area contributed by atoms with Gasteiger partial charge in [0.25, 0.3) is 5.56 Å². The minimum atomic E-state index is -0.0639. The summed E-state index contributed by atoms with van der Waals surface area (Å²) in [5.74, 6) is 1.22. The predicted molar refractivity (Wildman–Crippen MR) is 104 cm³/mol. The van der Waals surface area contributed by atoms with E-state index in [1.54, 1.807) is 19.5 Å². The fourth-order valence-electron chi connectivity index (χ4n) is 3.33. The minimum absolute atomic E-state index is 0.0639. The maximum atomic E-state index is 12.5. The maximum Gasteiger partial charge on any atom is 0.254 e. The van der Waals surface area contributed by atoms with Crippen molar-refractivity contribution in [2.45, 2.75) is 19.5 Å². The number of fused-ring (bicyclic) bond motifs is 1. The molecule has 7 heteroatoms. The van der Waals surface area contributed by atoms with Crippen LogP contribution in [0.25, 0.3) is 11.4 Å². The maximum absolute atomic E-state index is 12.5. The molecule has 0 unspecified atom stereocenters. The Kier molecular flexibility index (Phi) is 4.92. The zero-order chi connectivity index (χ0) is 18.8. The minimum Gasteiger partial charge on any atom is -0.495 e.